The second kappa shape index (κ2) is 12.3. The van der Waals surface area contributed by atoms with E-state index in [2.05, 4.69) is 55.4 Å². The molecule has 6 heteroatoms. The Hall–Kier alpha value is -0.0800. The molecule has 0 bridgehead atoms. The normalized spacial score (nSPS) is 17.8. The molecule has 5 nitrogen and oxygen atoms in total. The summed E-state index contributed by atoms with van der Waals surface area (Å²) < 4.78 is 5.78. The molecule has 23 heavy (non-hydrogen) atoms. The topological polar surface area (TPSA) is 48.9 Å². The van der Waals surface area contributed by atoms with E-state index in [0.717, 1.165) is 38.0 Å². The van der Waals surface area contributed by atoms with Gasteiger partial charge in [0.1, 0.15) is 0 Å². The maximum Gasteiger partial charge on any atom is 0.191 e. The van der Waals surface area contributed by atoms with Gasteiger partial charge in [0.05, 0.1) is 6.10 Å². The van der Waals surface area contributed by atoms with Crippen molar-refractivity contribution in [2.45, 2.75) is 52.2 Å². The van der Waals surface area contributed by atoms with E-state index in [-0.39, 0.29) is 24.0 Å². The van der Waals surface area contributed by atoms with E-state index < -0.39 is 0 Å². The van der Waals surface area contributed by atoms with Gasteiger partial charge < -0.3 is 20.3 Å². The summed E-state index contributed by atoms with van der Waals surface area (Å²) in [6.07, 6.45) is 4.05. The molecular weight excluding hydrogens is 403 g/mol. The van der Waals surface area contributed by atoms with Crippen molar-refractivity contribution >= 4 is 29.9 Å². The highest BCUT2D eigenvalue weighted by molar-refractivity contribution is 14.0. The molecule has 2 atom stereocenters. The first kappa shape index (κ1) is 22.9. The minimum atomic E-state index is 0. The Morgan fingerprint density at radius 3 is 2.35 bits per heavy atom. The first-order valence-electron chi connectivity index (χ1n) is 8.72. The predicted molar refractivity (Wildman–Crippen MR) is 110 cm³/mol. The fraction of sp³-hybridized carbons (Fsp3) is 0.941. The molecule has 0 aromatic heterocycles. The largest absolute Gasteiger partial charge is 0.378 e. The van der Waals surface area contributed by atoms with Crippen molar-refractivity contribution in [3.8, 4) is 0 Å². The number of hydrogen-bond acceptors (Lipinski definition) is 3. The molecule has 1 aliphatic carbocycles. The Morgan fingerprint density at radius 2 is 1.91 bits per heavy atom. The Kier molecular flexibility index (Phi) is 12.3. The summed E-state index contributed by atoms with van der Waals surface area (Å²) in [5.74, 6) is 2.29. The average molecular weight is 440 g/mol. The lowest BCUT2D eigenvalue weighted by Crippen LogP contribution is -2.46. The fourth-order valence-corrected chi connectivity index (χ4v) is 2.83. The van der Waals surface area contributed by atoms with Crippen molar-refractivity contribution in [3.63, 3.8) is 0 Å². The van der Waals surface area contributed by atoms with Crippen molar-refractivity contribution in [2.75, 3.05) is 40.8 Å². The molecule has 0 amide bonds. The van der Waals surface area contributed by atoms with Gasteiger partial charge in [-0.25, -0.2) is 0 Å². The van der Waals surface area contributed by atoms with Gasteiger partial charge in [-0.2, -0.15) is 0 Å². The summed E-state index contributed by atoms with van der Waals surface area (Å²) in [5, 5.41) is 6.87. The van der Waals surface area contributed by atoms with Crippen molar-refractivity contribution in [1.82, 2.24) is 15.5 Å². The molecule has 1 saturated carbocycles. The zero-order valence-corrected chi connectivity index (χ0v) is 18.1. The highest BCUT2D eigenvalue weighted by Crippen LogP contribution is 2.34. The molecule has 0 aliphatic heterocycles. The zero-order chi connectivity index (χ0) is 16.5. The van der Waals surface area contributed by atoms with E-state index in [4.69, 9.17) is 4.74 Å². The lowest BCUT2D eigenvalue weighted by Gasteiger charge is -2.26. The van der Waals surface area contributed by atoms with Crippen molar-refractivity contribution in [2.24, 2.45) is 16.8 Å². The van der Waals surface area contributed by atoms with Gasteiger partial charge in [0.25, 0.3) is 0 Å². The van der Waals surface area contributed by atoms with Gasteiger partial charge in [-0.05, 0) is 52.1 Å². The number of guanidine groups is 1. The second-order valence-corrected chi connectivity index (χ2v) is 6.77. The van der Waals surface area contributed by atoms with Crippen molar-refractivity contribution < 1.29 is 4.74 Å². The molecule has 1 rings (SSSR count). The Balaban J connectivity index is 0.00000484. The molecule has 1 aliphatic rings. The van der Waals surface area contributed by atoms with Gasteiger partial charge in [0.15, 0.2) is 5.96 Å². The molecule has 2 unspecified atom stereocenters. The number of nitrogens with zero attached hydrogens (tertiary/aromatic N) is 2. The number of hydrogen-bond donors (Lipinski definition) is 2. The van der Waals surface area contributed by atoms with E-state index in [9.17, 15) is 0 Å². The minimum Gasteiger partial charge on any atom is -0.378 e. The van der Waals surface area contributed by atoms with E-state index in [1.54, 1.807) is 0 Å². The first-order valence-corrected chi connectivity index (χ1v) is 8.72. The second-order valence-electron chi connectivity index (χ2n) is 6.77. The Labute approximate surface area is 160 Å². The van der Waals surface area contributed by atoms with Crippen LogP contribution in [-0.4, -0.2) is 63.8 Å². The number of rotatable bonds is 10. The molecule has 0 radical (unpaired) electrons. The van der Waals surface area contributed by atoms with E-state index in [0.29, 0.717) is 18.1 Å². The molecule has 0 aromatic rings. The van der Waals surface area contributed by atoms with Crippen LogP contribution in [0, 0.1) is 11.8 Å². The zero-order valence-electron chi connectivity index (χ0n) is 15.8. The molecule has 0 spiro atoms. The number of nitrogens with one attached hydrogen (secondary N) is 2. The van der Waals surface area contributed by atoms with Crippen LogP contribution in [0.5, 0.6) is 0 Å². The maximum absolute atomic E-state index is 5.78. The Morgan fingerprint density at radius 1 is 1.26 bits per heavy atom. The predicted octanol–water partition coefficient (Wildman–Crippen LogP) is 2.56. The van der Waals surface area contributed by atoms with E-state index >= 15 is 0 Å². The standard InChI is InChI=1S/C17H36N4O.HI/c1-7-22-16(13(2)3)10-11-19-17(18-4)20-12-15(21(5)6)14-8-9-14;/h13-16H,7-12H2,1-6H3,(H2,18,19,20);1H. The lowest BCUT2D eigenvalue weighted by molar-refractivity contribution is 0.0258. The van der Waals surface area contributed by atoms with Crippen LogP contribution in [0.4, 0.5) is 0 Å². The highest BCUT2D eigenvalue weighted by atomic mass is 127. The fourth-order valence-electron chi connectivity index (χ4n) is 2.83. The van der Waals surface area contributed by atoms with Crippen LogP contribution in [-0.2, 0) is 4.74 Å². The van der Waals surface area contributed by atoms with Crippen molar-refractivity contribution in [1.29, 1.82) is 0 Å². The quantitative estimate of drug-likeness (QED) is 0.312. The molecule has 2 N–H and O–H groups in total. The number of likely N-dealkylation sites (N-methyl/N-ethyl adjacent to an activating group) is 1. The van der Waals surface area contributed by atoms with Crippen LogP contribution in [0.15, 0.2) is 4.99 Å². The maximum atomic E-state index is 5.78. The van der Waals surface area contributed by atoms with Crippen LogP contribution in [0.25, 0.3) is 0 Å². The molecule has 0 heterocycles. The van der Waals surface area contributed by atoms with Gasteiger partial charge in [0.2, 0.25) is 0 Å². The van der Waals surface area contributed by atoms with Crippen molar-refractivity contribution in [3.05, 3.63) is 0 Å². The Bertz CT molecular complexity index is 331. The summed E-state index contributed by atoms with van der Waals surface area (Å²) in [6.45, 7) is 9.11. The van der Waals surface area contributed by atoms with E-state index in [1.807, 2.05) is 7.05 Å². The van der Waals surface area contributed by atoms with Gasteiger partial charge in [-0.1, -0.05) is 13.8 Å². The van der Waals surface area contributed by atoms with Gasteiger partial charge in [-0.15, -0.1) is 24.0 Å². The van der Waals surface area contributed by atoms with E-state index in [1.165, 1.54) is 12.8 Å². The number of ether oxygens (including phenoxy) is 1. The SMILES string of the molecule is CCOC(CCNC(=NC)NCC(C1CC1)N(C)C)C(C)C.I. The summed E-state index contributed by atoms with van der Waals surface area (Å²) in [7, 11) is 6.16. The minimum absolute atomic E-state index is 0. The molecular formula is C17H37IN4O. The molecule has 1 fully saturated rings. The summed E-state index contributed by atoms with van der Waals surface area (Å²) >= 11 is 0. The summed E-state index contributed by atoms with van der Waals surface area (Å²) in [5.41, 5.74) is 0. The first-order chi connectivity index (χ1) is 10.5. The third-order valence-corrected chi connectivity index (χ3v) is 4.38. The van der Waals surface area contributed by atoms with Crippen LogP contribution in [0.3, 0.4) is 0 Å². The monoisotopic (exact) mass is 440 g/mol. The number of halogens is 1. The van der Waals surface area contributed by atoms with Crippen LogP contribution >= 0.6 is 24.0 Å². The van der Waals surface area contributed by atoms with Gasteiger partial charge >= 0.3 is 0 Å². The lowest BCUT2D eigenvalue weighted by atomic mass is 10.0. The third kappa shape index (κ3) is 9.10. The van der Waals surface area contributed by atoms with Crippen LogP contribution in [0.1, 0.15) is 40.0 Å². The number of aliphatic imine (C=N–C) groups is 1. The van der Waals surface area contributed by atoms with Gasteiger partial charge in [0, 0.05) is 32.8 Å². The van der Waals surface area contributed by atoms with Crippen LogP contribution in [0.2, 0.25) is 0 Å². The van der Waals surface area contributed by atoms with Crippen LogP contribution < -0.4 is 10.6 Å². The molecule has 138 valence electrons. The molecule has 0 aromatic carbocycles. The third-order valence-electron chi connectivity index (χ3n) is 4.38. The summed E-state index contributed by atoms with van der Waals surface area (Å²) in [4.78, 5) is 6.64. The molecule has 0 saturated heterocycles. The summed E-state index contributed by atoms with van der Waals surface area (Å²) in [6, 6.07) is 0.602. The smallest absolute Gasteiger partial charge is 0.191 e. The highest BCUT2D eigenvalue weighted by Gasteiger charge is 2.32. The van der Waals surface area contributed by atoms with Gasteiger partial charge in [-0.3, -0.25) is 4.99 Å². The average Bonchev–Trinajstić information content (AvgIpc) is 3.28.